The first-order chi connectivity index (χ1) is 10.1. The summed E-state index contributed by atoms with van der Waals surface area (Å²) >= 11 is 5.92. The van der Waals surface area contributed by atoms with E-state index in [4.69, 9.17) is 11.6 Å². The Morgan fingerprint density at radius 1 is 1.14 bits per heavy atom. The number of carbonyl (C=O) groups is 1. The summed E-state index contributed by atoms with van der Waals surface area (Å²) in [5.41, 5.74) is 3.24. The number of hydrogen-bond acceptors (Lipinski definition) is 2. The van der Waals surface area contributed by atoms with Crippen molar-refractivity contribution >= 4 is 34.1 Å². The molecule has 21 heavy (non-hydrogen) atoms. The molecule has 4 heteroatoms. The fourth-order valence-corrected chi connectivity index (χ4v) is 2.44. The third-order valence-electron chi connectivity index (χ3n) is 3.31. The highest BCUT2D eigenvalue weighted by Crippen LogP contribution is 2.25. The minimum Gasteiger partial charge on any atom is -0.321 e. The van der Waals surface area contributed by atoms with E-state index in [9.17, 15) is 4.79 Å². The molecule has 0 spiro atoms. The maximum atomic E-state index is 12.3. The number of benzene rings is 2. The Labute approximate surface area is 127 Å². The smallest absolute Gasteiger partial charge is 0.255 e. The van der Waals surface area contributed by atoms with Gasteiger partial charge >= 0.3 is 0 Å². The number of aryl methyl sites for hydroxylation is 1. The zero-order valence-electron chi connectivity index (χ0n) is 11.4. The van der Waals surface area contributed by atoms with Crippen molar-refractivity contribution in [1.29, 1.82) is 0 Å². The predicted octanol–water partition coefficient (Wildman–Crippen LogP) is 4.45. The third-order valence-corrected chi connectivity index (χ3v) is 3.54. The zero-order chi connectivity index (χ0) is 14.8. The van der Waals surface area contributed by atoms with Gasteiger partial charge in [0.1, 0.15) is 0 Å². The van der Waals surface area contributed by atoms with Gasteiger partial charge in [-0.3, -0.25) is 9.78 Å². The first kappa shape index (κ1) is 13.6. The monoisotopic (exact) mass is 296 g/mol. The Hall–Kier alpha value is -2.39. The van der Waals surface area contributed by atoms with Crippen molar-refractivity contribution in [2.24, 2.45) is 0 Å². The van der Waals surface area contributed by atoms with Crippen LogP contribution in [-0.4, -0.2) is 10.9 Å². The number of nitrogens with zero attached hydrogens (tertiary/aromatic N) is 1. The summed E-state index contributed by atoms with van der Waals surface area (Å²) in [6.07, 6.45) is 1.75. The molecule has 0 aliphatic carbocycles. The van der Waals surface area contributed by atoms with Crippen LogP contribution in [0.25, 0.3) is 10.9 Å². The SMILES string of the molecule is Cc1ccc(NC(=O)c2cccc(Cl)c2)c2cccnc12. The summed E-state index contributed by atoms with van der Waals surface area (Å²) in [6.45, 7) is 2.00. The van der Waals surface area contributed by atoms with Crippen molar-refractivity contribution in [3.05, 3.63) is 70.9 Å². The van der Waals surface area contributed by atoms with Crippen LogP contribution < -0.4 is 5.32 Å². The lowest BCUT2D eigenvalue weighted by Crippen LogP contribution is -2.12. The van der Waals surface area contributed by atoms with Crippen molar-refractivity contribution < 1.29 is 4.79 Å². The molecule has 3 nitrogen and oxygen atoms in total. The van der Waals surface area contributed by atoms with Crippen LogP contribution in [0.2, 0.25) is 5.02 Å². The highest BCUT2D eigenvalue weighted by Gasteiger charge is 2.10. The van der Waals surface area contributed by atoms with Gasteiger partial charge in [0.25, 0.3) is 5.91 Å². The molecular formula is C17H13ClN2O. The number of fused-ring (bicyclic) bond motifs is 1. The van der Waals surface area contributed by atoms with Gasteiger partial charge in [0.05, 0.1) is 11.2 Å². The lowest BCUT2D eigenvalue weighted by atomic mass is 10.1. The Morgan fingerprint density at radius 3 is 2.81 bits per heavy atom. The fourth-order valence-electron chi connectivity index (χ4n) is 2.25. The Balaban J connectivity index is 1.99. The first-order valence-corrected chi connectivity index (χ1v) is 6.94. The van der Waals surface area contributed by atoms with E-state index < -0.39 is 0 Å². The van der Waals surface area contributed by atoms with Crippen LogP contribution in [0.15, 0.2) is 54.7 Å². The molecule has 0 fully saturated rings. The van der Waals surface area contributed by atoms with Crippen molar-refractivity contribution in [2.45, 2.75) is 6.92 Å². The number of aromatic nitrogens is 1. The lowest BCUT2D eigenvalue weighted by molar-refractivity contribution is 0.102. The molecule has 0 bridgehead atoms. The summed E-state index contributed by atoms with van der Waals surface area (Å²) in [4.78, 5) is 16.7. The number of hydrogen-bond donors (Lipinski definition) is 1. The summed E-state index contributed by atoms with van der Waals surface area (Å²) in [5.74, 6) is -0.188. The second-order valence-electron chi connectivity index (χ2n) is 4.79. The summed E-state index contributed by atoms with van der Waals surface area (Å²) in [6, 6.07) is 14.5. The molecule has 1 aromatic heterocycles. The molecule has 1 amide bonds. The maximum absolute atomic E-state index is 12.3. The van der Waals surface area contributed by atoms with Crippen molar-refractivity contribution in [2.75, 3.05) is 5.32 Å². The molecule has 0 aliphatic heterocycles. The quantitative estimate of drug-likeness (QED) is 0.759. The second-order valence-corrected chi connectivity index (χ2v) is 5.23. The normalized spacial score (nSPS) is 10.6. The number of rotatable bonds is 2. The summed E-state index contributed by atoms with van der Waals surface area (Å²) < 4.78 is 0. The first-order valence-electron chi connectivity index (χ1n) is 6.56. The molecule has 1 N–H and O–H groups in total. The summed E-state index contributed by atoms with van der Waals surface area (Å²) in [5, 5.41) is 4.38. The standard InChI is InChI=1S/C17H13ClN2O/c1-11-7-8-15(14-6-3-9-19-16(11)14)20-17(21)12-4-2-5-13(18)10-12/h2-10H,1H3,(H,20,21). The molecule has 3 rings (SSSR count). The van der Waals surface area contributed by atoms with Crippen molar-refractivity contribution in [3.63, 3.8) is 0 Å². The number of amides is 1. The number of nitrogens with one attached hydrogen (secondary N) is 1. The molecule has 0 atom stereocenters. The van der Waals surface area contributed by atoms with Gasteiger partial charge in [-0.05, 0) is 48.9 Å². The van der Waals surface area contributed by atoms with E-state index in [1.807, 2.05) is 31.2 Å². The molecule has 0 saturated carbocycles. The van der Waals surface area contributed by atoms with E-state index in [0.717, 1.165) is 22.2 Å². The van der Waals surface area contributed by atoms with Crippen LogP contribution >= 0.6 is 11.6 Å². The Bertz CT molecular complexity index is 830. The number of halogens is 1. The van der Waals surface area contributed by atoms with E-state index in [-0.39, 0.29) is 5.91 Å². The van der Waals surface area contributed by atoms with Gasteiger partial charge < -0.3 is 5.32 Å². The van der Waals surface area contributed by atoms with Gasteiger partial charge in [-0.1, -0.05) is 23.7 Å². The van der Waals surface area contributed by atoms with E-state index in [0.29, 0.717) is 10.6 Å². The van der Waals surface area contributed by atoms with Crippen molar-refractivity contribution in [3.8, 4) is 0 Å². The van der Waals surface area contributed by atoms with E-state index in [1.165, 1.54) is 0 Å². The highest BCUT2D eigenvalue weighted by atomic mass is 35.5. The van der Waals surface area contributed by atoms with Gasteiger partial charge in [-0.25, -0.2) is 0 Å². The van der Waals surface area contributed by atoms with E-state index in [2.05, 4.69) is 10.3 Å². The highest BCUT2D eigenvalue weighted by molar-refractivity contribution is 6.31. The van der Waals surface area contributed by atoms with Gasteiger partial charge in [0.15, 0.2) is 0 Å². The summed E-state index contributed by atoms with van der Waals surface area (Å²) in [7, 11) is 0. The van der Waals surface area contributed by atoms with Gasteiger partial charge in [-0.2, -0.15) is 0 Å². The average molecular weight is 297 g/mol. The molecular weight excluding hydrogens is 284 g/mol. The van der Waals surface area contributed by atoms with Crippen LogP contribution in [0.1, 0.15) is 15.9 Å². The Morgan fingerprint density at radius 2 is 2.00 bits per heavy atom. The minimum atomic E-state index is -0.188. The molecule has 0 radical (unpaired) electrons. The Kier molecular flexibility index (Phi) is 3.59. The second kappa shape index (κ2) is 5.54. The number of carbonyl (C=O) groups excluding carboxylic acids is 1. The van der Waals surface area contributed by atoms with Crippen LogP contribution in [0, 0.1) is 6.92 Å². The molecule has 0 saturated heterocycles. The van der Waals surface area contributed by atoms with Crippen LogP contribution in [0.4, 0.5) is 5.69 Å². The lowest BCUT2D eigenvalue weighted by Gasteiger charge is -2.10. The van der Waals surface area contributed by atoms with Crippen LogP contribution in [0.3, 0.4) is 0 Å². The minimum absolute atomic E-state index is 0.188. The van der Waals surface area contributed by atoms with E-state index >= 15 is 0 Å². The molecule has 2 aromatic carbocycles. The molecule has 0 aliphatic rings. The van der Waals surface area contributed by atoms with Crippen LogP contribution in [0.5, 0.6) is 0 Å². The molecule has 1 heterocycles. The molecule has 3 aromatic rings. The molecule has 104 valence electrons. The van der Waals surface area contributed by atoms with Crippen LogP contribution in [-0.2, 0) is 0 Å². The average Bonchev–Trinajstić information content (AvgIpc) is 2.50. The number of anilines is 1. The van der Waals surface area contributed by atoms with E-state index in [1.54, 1.807) is 30.5 Å². The topological polar surface area (TPSA) is 42.0 Å². The fraction of sp³-hybridized carbons (Fsp3) is 0.0588. The van der Waals surface area contributed by atoms with Gasteiger partial charge in [0.2, 0.25) is 0 Å². The molecule has 0 unspecified atom stereocenters. The zero-order valence-corrected chi connectivity index (χ0v) is 12.2. The van der Waals surface area contributed by atoms with Gasteiger partial charge in [0, 0.05) is 22.2 Å². The van der Waals surface area contributed by atoms with Crippen molar-refractivity contribution in [1.82, 2.24) is 4.98 Å². The van der Waals surface area contributed by atoms with Gasteiger partial charge in [-0.15, -0.1) is 0 Å². The predicted molar refractivity (Wildman–Crippen MR) is 85.9 cm³/mol. The number of pyridine rings is 1. The largest absolute Gasteiger partial charge is 0.321 e. The maximum Gasteiger partial charge on any atom is 0.255 e. The third kappa shape index (κ3) is 2.73.